The Morgan fingerprint density at radius 1 is 0.934 bits per heavy atom. The number of nitrogens with one attached hydrogen (secondary N) is 3. The van der Waals surface area contributed by atoms with Crippen LogP contribution in [0.4, 0.5) is 0 Å². The van der Waals surface area contributed by atoms with Crippen molar-refractivity contribution in [3.05, 3.63) is 117 Å². The molecule has 9 rings (SSSR count). The summed E-state index contributed by atoms with van der Waals surface area (Å²) in [5, 5.41) is 27.0. The number of hydrogen-bond donors (Lipinski definition) is 4. The molecule has 4 amide bonds. The van der Waals surface area contributed by atoms with Gasteiger partial charge < -0.3 is 35.4 Å². The quantitative estimate of drug-likeness (QED) is 0.0726. The van der Waals surface area contributed by atoms with E-state index in [9.17, 15) is 24.3 Å². The van der Waals surface area contributed by atoms with Crippen molar-refractivity contribution < 1.29 is 33.8 Å². The smallest absolute Gasteiger partial charge is 0.251 e. The maximum Gasteiger partial charge on any atom is 0.251 e. The summed E-state index contributed by atoms with van der Waals surface area (Å²) in [7, 11) is 0. The van der Waals surface area contributed by atoms with Gasteiger partial charge in [0.15, 0.2) is 6.23 Å². The van der Waals surface area contributed by atoms with Crippen LogP contribution in [0.15, 0.2) is 78.6 Å². The number of ether oxygens (including phenoxy) is 2. The van der Waals surface area contributed by atoms with Gasteiger partial charge in [-0.2, -0.15) is 5.10 Å². The topological polar surface area (TPSA) is 190 Å². The lowest BCUT2D eigenvalue weighted by Crippen LogP contribution is -2.58. The summed E-state index contributed by atoms with van der Waals surface area (Å²) in [6.45, 7) is 14.2. The molecule has 4 N–H and O–H groups in total. The summed E-state index contributed by atoms with van der Waals surface area (Å²) < 4.78 is 14.6. The average molecular weight is 1090 g/mol. The number of amides is 4. The Kier molecular flexibility index (Phi) is 16.6. The number of carbonyl (C=O) groups excluding carboxylic acids is 4. The van der Waals surface area contributed by atoms with Crippen molar-refractivity contribution in [1.82, 2.24) is 40.6 Å². The van der Waals surface area contributed by atoms with Crippen LogP contribution < -0.4 is 20.7 Å². The molecule has 2 aliphatic heterocycles. The van der Waals surface area contributed by atoms with Gasteiger partial charge in [-0.25, -0.2) is 9.67 Å². The van der Waals surface area contributed by atoms with Crippen molar-refractivity contribution in [2.75, 3.05) is 19.7 Å². The number of aryl methyl sites for hydroxylation is 2. The van der Waals surface area contributed by atoms with E-state index < -0.39 is 41.0 Å². The van der Waals surface area contributed by atoms with Gasteiger partial charge in [0.05, 0.1) is 43.8 Å². The molecule has 1 saturated carbocycles. The number of halogens is 2. The van der Waals surface area contributed by atoms with E-state index in [4.69, 9.17) is 37.8 Å². The summed E-state index contributed by atoms with van der Waals surface area (Å²) >= 11 is 14.6. The van der Waals surface area contributed by atoms with Gasteiger partial charge >= 0.3 is 0 Å². The number of thiazole rings is 1. The SMILES string of the molecule is Cc1cc(-c2nn(C3CCCCO3)c3ccc(O[C@H](C)c4c(Cl)cncc4Cl)cc23)ccc1C(=O)NCC1(CC(=O)N[C@H](C(=O)N2C[C@H](O)C[C@H]2C(=O)N[C@@H](C)c2ccc(-c3scnc3C)cc2)C(C)(C)C)CCCC1. The van der Waals surface area contributed by atoms with Crippen molar-refractivity contribution in [3.63, 3.8) is 0 Å². The van der Waals surface area contributed by atoms with E-state index in [1.165, 1.54) is 4.90 Å². The van der Waals surface area contributed by atoms with Gasteiger partial charge in [0, 0.05) is 67.0 Å². The number of β-amino-alcohol motifs (C(OH)–C–C–N with tert-alkyl or cyclic N) is 1. The molecule has 0 radical (unpaired) electrons. The molecule has 5 heterocycles. The highest BCUT2D eigenvalue weighted by Gasteiger charge is 2.46. The molecule has 1 aliphatic carbocycles. The third kappa shape index (κ3) is 12.0. The molecule has 402 valence electrons. The number of pyridine rings is 1. The number of nitrogens with zero attached hydrogens (tertiary/aromatic N) is 5. The summed E-state index contributed by atoms with van der Waals surface area (Å²) in [5.74, 6) is -0.761. The first-order valence-electron chi connectivity index (χ1n) is 26.4. The lowest BCUT2D eigenvalue weighted by Gasteiger charge is -2.36. The summed E-state index contributed by atoms with van der Waals surface area (Å²) in [6.07, 6.45) is 7.78. The van der Waals surface area contributed by atoms with Gasteiger partial charge in [0.1, 0.15) is 29.6 Å². The zero-order valence-electron chi connectivity index (χ0n) is 44.3. The van der Waals surface area contributed by atoms with Crippen LogP contribution in [0.3, 0.4) is 0 Å². The van der Waals surface area contributed by atoms with Gasteiger partial charge in [0.25, 0.3) is 5.91 Å². The molecule has 6 atom stereocenters. The first-order chi connectivity index (χ1) is 36.3. The number of benzene rings is 3. The number of aliphatic hydroxyl groups excluding tert-OH is 1. The predicted octanol–water partition coefficient (Wildman–Crippen LogP) is 11.0. The Hall–Kier alpha value is -5.91. The second-order valence-electron chi connectivity index (χ2n) is 22.0. The van der Waals surface area contributed by atoms with Crippen LogP contribution in [0.2, 0.25) is 10.0 Å². The summed E-state index contributed by atoms with van der Waals surface area (Å²) in [6, 6.07) is 17.2. The van der Waals surface area contributed by atoms with E-state index >= 15 is 0 Å². The third-order valence-electron chi connectivity index (χ3n) is 15.3. The standard InChI is InChI=1S/C58H68Cl2N8O7S/c1-33-24-39(51-43-26-41(75-36(4)50-44(59)28-61-29-45(50)60)18-20-46(43)68(66-51)49-12-8-11-23-74-49)17-19-42(33)54(71)62-31-58(21-9-10-22-58)27-48(70)65-53(57(5,6)7)56(73)67-30-40(69)25-47(67)55(72)64-34(2)37-13-15-38(16-14-37)52-35(3)63-32-76-52/h13-20,24,26,28-29,32,34,36,40,47,49,53,69H,8-12,21-23,25,27,30-31H2,1-7H3,(H,62,71)(H,64,72)(H,65,70)/t34-,36+,40+,47-,49?,53+/m0/s1. The molecule has 15 nitrogen and oxygen atoms in total. The predicted molar refractivity (Wildman–Crippen MR) is 296 cm³/mol. The monoisotopic (exact) mass is 1090 g/mol. The molecule has 6 aromatic rings. The molecule has 2 saturated heterocycles. The Morgan fingerprint density at radius 3 is 2.32 bits per heavy atom. The van der Waals surface area contributed by atoms with Gasteiger partial charge in [-0.05, 0) is 118 Å². The van der Waals surface area contributed by atoms with Crippen LogP contribution in [0.5, 0.6) is 5.75 Å². The van der Waals surface area contributed by atoms with Crippen LogP contribution >= 0.6 is 34.5 Å². The average Bonchev–Trinajstić information content (AvgIpc) is 4.22. The first kappa shape index (κ1) is 54.9. The summed E-state index contributed by atoms with van der Waals surface area (Å²) in [5.41, 5.74) is 7.77. The molecular formula is C58H68Cl2N8O7S. The molecule has 3 aromatic carbocycles. The van der Waals surface area contributed by atoms with E-state index in [1.54, 1.807) is 23.7 Å². The second-order valence-corrected chi connectivity index (χ2v) is 23.7. The molecule has 76 heavy (non-hydrogen) atoms. The van der Waals surface area contributed by atoms with E-state index in [-0.39, 0.29) is 55.9 Å². The third-order valence-corrected chi connectivity index (χ3v) is 16.9. The van der Waals surface area contributed by atoms with E-state index in [0.29, 0.717) is 33.5 Å². The Bertz CT molecular complexity index is 3090. The first-order valence-corrected chi connectivity index (χ1v) is 28.0. The highest BCUT2D eigenvalue weighted by molar-refractivity contribution is 7.13. The fraction of sp³-hybridized carbons (Fsp3) is 0.466. The molecule has 3 aromatic heterocycles. The molecule has 0 spiro atoms. The van der Waals surface area contributed by atoms with Crippen LogP contribution in [0.1, 0.15) is 144 Å². The Balaban J connectivity index is 0.864. The molecular weight excluding hydrogens is 1020 g/mol. The number of carbonyl (C=O) groups is 4. The number of rotatable bonds is 16. The maximum atomic E-state index is 14.6. The molecule has 18 heteroatoms. The largest absolute Gasteiger partial charge is 0.486 e. The van der Waals surface area contributed by atoms with Crippen LogP contribution in [0, 0.1) is 24.7 Å². The minimum Gasteiger partial charge on any atom is -0.486 e. The van der Waals surface area contributed by atoms with Gasteiger partial charge in [-0.3, -0.25) is 24.2 Å². The van der Waals surface area contributed by atoms with Gasteiger partial charge in [0.2, 0.25) is 17.7 Å². The number of hydrogen-bond acceptors (Lipinski definition) is 11. The molecule has 3 fully saturated rings. The molecule has 1 unspecified atom stereocenters. The van der Waals surface area contributed by atoms with E-state index in [0.717, 1.165) is 94.4 Å². The number of aliphatic hydroxyl groups is 1. The van der Waals surface area contributed by atoms with Crippen molar-refractivity contribution in [3.8, 4) is 27.4 Å². The zero-order chi connectivity index (χ0) is 54.1. The highest BCUT2D eigenvalue weighted by atomic mass is 35.5. The molecule has 0 bridgehead atoms. The minimum absolute atomic E-state index is 0.0305. The molecule has 3 aliphatic rings. The lowest BCUT2D eigenvalue weighted by molar-refractivity contribution is -0.144. The normalized spacial score (nSPS) is 19.8. The second kappa shape index (κ2) is 23.0. The zero-order valence-corrected chi connectivity index (χ0v) is 46.6. The minimum atomic E-state index is -0.985. The number of aromatic nitrogens is 4. The Morgan fingerprint density at radius 2 is 1.66 bits per heavy atom. The lowest BCUT2D eigenvalue weighted by atomic mass is 9.81. The van der Waals surface area contributed by atoms with E-state index in [2.05, 4.69) is 25.9 Å². The van der Waals surface area contributed by atoms with Gasteiger partial charge in [-0.15, -0.1) is 11.3 Å². The fourth-order valence-corrected chi connectivity index (χ4v) is 12.6. The van der Waals surface area contributed by atoms with Crippen LogP contribution in [0.25, 0.3) is 32.6 Å². The maximum absolute atomic E-state index is 14.6. The van der Waals surface area contributed by atoms with Gasteiger partial charge in [-0.1, -0.05) is 87.1 Å². The van der Waals surface area contributed by atoms with Crippen molar-refractivity contribution in [2.45, 2.75) is 143 Å². The summed E-state index contributed by atoms with van der Waals surface area (Å²) in [4.78, 5) is 67.7. The van der Waals surface area contributed by atoms with Crippen molar-refractivity contribution >= 4 is 69.1 Å². The van der Waals surface area contributed by atoms with Crippen LogP contribution in [-0.4, -0.2) is 91.3 Å². The number of fused-ring (bicyclic) bond motifs is 1. The van der Waals surface area contributed by atoms with Crippen molar-refractivity contribution in [2.24, 2.45) is 10.8 Å². The highest BCUT2D eigenvalue weighted by Crippen LogP contribution is 2.42. The number of likely N-dealkylation sites (tertiary alicyclic amines) is 1. The van der Waals surface area contributed by atoms with E-state index in [1.807, 2.05) is 119 Å². The van der Waals surface area contributed by atoms with Crippen molar-refractivity contribution in [1.29, 1.82) is 0 Å². The van der Waals surface area contributed by atoms with Crippen LogP contribution in [-0.2, 0) is 19.1 Å². The Labute approximate surface area is 458 Å². The fourth-order valence-electron chi connectivity index (χ4n) is 11.2.